The highest BCUT2D eigenvalue weighted by atomic mass is 28.3. The average Bonchev–Trinajstić information content (AvgIpc) is 1.76. The lowest BCUT2D eigenvalue weighted by Gasteiger charge is -1.81. The number of rotatable bonds is 0. The summed E-state index contributed by atoms with van der Waals surface area (Å²) in [5, 5.41) is 6.35. The van der Waals surface area contributed by atoms with E-state index in [2.05, 4.69) is 10.2 Å². The van der Waals surface area contributed by atoms with E-state index in [1.54, 1.807) is 5.67 Å². The summed E-state index contributed by atoms with van der Waals surface area (Å²) in [7, 11) is 0.488. The van der Waals surface area contributed by atoms with Crippen molar-refractivity contribution >= 4 is 19.4 Å². The van der Waals surface area contributed by atoms with Crippen LogP contribution in [-0.4, -0.2) is 19.4 Å². The van der Waals surface area contributed by atoms with E-state index in [-0.39, 0.29) is 19.4 Å². The highest BCUT2D eigenvalue weighted by Gasteiger charge is 1.94. The molecule has 2 nitrogen and oxygen atoms in total. The van der Waals surface area contributed by atoms with Crippen molar-refractivity contribution in [2.45, 2.75) is 5.67 Å². The van der Waals surface area contributed by atoms with Crippen molar-refractivity contribution in [3.8, 4) is 0 Å². The van der Waals surface area contributed by atoms with Crippen molar-refractivity contribution in [2.24, 2.45) is 0 Å². The van der Waals surface area contributed by atoms with Gasteiger partial charge in [-0.3, -0.25) is 10.2 Å². The summed E-state index contributed by atoms with van der Waals surface area (Å²) in [6.45, 7) is 0. The highest BCUT2D eigenvalue weighted by Crippen LogP contribution is 1.69. The zero-order valence-electron chi connectivity index (χ0n) is 3.12. The van der Waals surface area contributed by atoms with Crippen LogP contribution in [0.5, 0.6) is 0 Å². The van der Waals surface area contributed by atoms with E-state index in [0.717, 1.165) is 0 Å². The van der Waals surface area contributed by atoms with E-state index in [9.17, 15) is 0 Å². The SMILES string of the molecule is C1[SiH2]NN[SiH2]1. The normalized spacial score (nSPS) is 33.6. The van der Waals surface area contributed by atoms with Gasteiger partial charge in [-0.05, 0) is 5.67 Å². The van der Waals surface area contributed by atoms with Gasteiger partial charge in [0.1, 0.15) is 19.4 Å². The Morgan fingerprint density at radius 3 is 2.00 bits per heavy atom. The van der Waals surface area contributed by atoms with Gasteiger partial charge in [0.25, 0.3) is 0 Å². The van der Waals surface area contributed by atoms with Crippen LogP contribution in [0.3, 0.4) is 0 Å². The molecule has 0 aromatic heterocycles. The van der Waals surface area contributed by atoms with Gasteiger partial charge in [-0.15, -0.1) is 0 Å². The first-order valence-electron chi connectivity index (χ1n) is 1.96. The smallest absolute Gasteiger partial charge is 0.107 e. The standard InChI is InChI=1S/CH8N2Si2/c1-4-2-3-5-1/h2-3H,1,4-5H2. The lowest BCUT2D eigenvalue weighted by atomic mass is 11.9. The predicted molar refractivity (Wildman–Crippen MR) is 28.2 cm³/mol. The van der Waals surface area contributed by atoms with E-state index in [0.29, 0.717) is 0 Å². The molecule has 0 amide bonds. The van der Waals surface area contributed by atoms with Crippen LogP contribution in [0.2, 0.25) is 5.67 Å². The molecule has 2 N–H and O–H groups in total. The van der Waals surface area contributed by atoms with E-state index in [4.69, 9.17) is 0 Å². The number of hydrazine groups is 1. The van der Waals surface area contributed by atoms with Crippen molar-refractivity contribution in [1.29, 1.82) is 0 Å². The summed E-state index contributed by atoms with van der Waals surface area (Å²) in [5.41, 5.74) is 1.56. The van der Waals surface area contributed by atoms with Gasteiger partial charge in [-0.1, -0.05) is 0 Å². The Morgan fingerprint density at radius 2 is 1.80 bits per heavy atom. The van der Waals surface area contributed by atoms with Crippen molar-refractivity contribution in [3.05, 3.63) is 0 Å². The molecule has 0 aromatic rings. The van der Waals surface area contributed by atoms with Crippen molar-refractivity contribution in [3.63, 3.8) is 0 Å². The van der Waals surface area contributed by atoms with Crippen LogP contribution in [0.1, 0.15) is 0 Å². The first kappa shape index (κ1) is 3.54. The molecule has 0 aliphatic carbocycles. The zero-order chi connectivity index (χ0) is 3.54. The molecule has 0 unspecified atom stereocenters. The molecule has 0 spiro atoms. The molecule has 0 bridgehead atoms. The van der Waals surface area contributed by atoms with Crippen LogP contribution in [-0.2, 0) is 0 Å². The largest absolute Gasteiger partial charge is 0.293 e. The quantitative estimate of drug-likeness (QED) is 0.336. The van der Waals surface area contributed by atoms with Gasteiger partial charge in [0.05, 0.1) is 0 Å². The van der Waals surface area contributed by atoms with Crippen LogP contribution in [0, 0.1) is 0 Å². The van der Waals surface area contributed by atoms with Crippen LogP contribution in [0.15, 0.2) is 0 Å². The highest BCUT2D eigenvalue weighted by molar-refractivity contribution is 6.57. The van der Waals surface area contributed by atoms with E-state index < -0.39 is 0 Å². The van der Waals surface area contributed by atoms with Crippen LogP contribution in [0.4, 0.5) is 0 Å². The molecule has 1 saturated heterocycles. The maximum absolute atomic E-state index is 3.17. The second kappa shape index (κ2) is 1.71. The minimum absolute atomic E-state index is 0.244. The Bertz CT molecular complexity index is 19.2. The molecule has 0 saturated carbocycles. The molecule has 30 valence electrons. The Labute approximate surface area is 36.1 Å². The van der Waals surface area contributed by atoms with E-state index in [1.165, 1.54) is 0 Å². The van der Waals surface area contributed by atoms with E-state index in [1.807, 2.05) is 0 Å². The minimum Gasteiger partial charge on any atom is -0.293 e. The molecule has 0 aromatic carbocycles. The van der Waals surface area contributed by atoms with Crippen molar-refractivity contribution in [1.82, 2.24) is 10.2 Å². The third kappa shape index (κ3) is 0.842. The third-order valence-electron chi connectivity index (χ3n) is 0.729. The molecule has 0 radical (unpaired) electrons. The molecule has 1 heterocycles. The fraction of sp³-hybridized carbons (Fsp3) is 1.00. The zero-order valence-corrected chi connectivity index (χ0v) is 5.95. The monoisotopic (exact) mass is 104 g/mol. The van der Waals surface area contributed by atoms with Gasteiger partial charge in [0.15, 0.2) is 0 Å². The van der Waals surface area contributed by atoms with Crippen molar-refractivity contribution < 1.29 is 0 Å². The summed E-state index contributed by atoms with van der Waals surface area (Å²) >= 11 is 0. The van der Waals surface area contributed by atoms with Gasteiger partial charge in [0.2, 0.25) is 0 Å². The fourth-order valence-corrected chi connectivity index (χ4v) is 3.98. The number of hydrogen-bond donors (Lipinski definition) is 2. The average molecular weight is 104 g/mol. The van der Waals surface area contributed by atoms with Crippen LogP contribution < -0.4 is 10.2 Å². The van der Waals surface area contributed by atoms with E-state index >= 15 is 0 Å². The maximum Gasteiger partial charge on any atom is 0.107 e. The van der Waals surface area contributed by atoms with Gasteiger partial charge in [-0.25, -0.2) is 0 Å². The van der Waals surface area contributed by atoms with Crippen LogP contribution in [0.25, 0.3) is 0 Å². The second-order valence-corrected chi connectivity index (χ2v) is 5.74. The molecule has 1 aliphatic rings. The molecule has 0 atom stereocenters. The Hall–Kier alpha value is 0.354. The predicted octanol–water partition coefficient (Wildman–Crippen LogP) is -2.36. The molecule has 1 aliphatic heterocycles. The summed E-state index contributed by atoms with van der Waals surface area (Å²) in [4.78, 5) is 0. The number of hydrogen-bond acceptors (Lipinski definition) is 2. The maximum atomic E-state index is 3.17. The van der Waals surface area contributed by atoms with Gasteiger partial charge in [0, 0.05) is 0 Å². The van der Waals surface area contributed by atoms with Gasteiger partial charge < -0.3 is 0 Å². The molecule has 4 heteroatoms. The van der Waals surface area contributed by atoms with Gasteiger partial charge in [-0.2, -0.15) is 0 Å². The fourth-order valence-electron chi connectivity index (χ4n) is 0.442. The summed E-state index contributed by atoms with van der Waals surface area (Å²) in [6.07, 6.45) is 0. The first-order valence-corrected chi connectivity index (χ1v) is 5.37. The molecule has 1 fully saturated rings. The van der Waals surface area contributed by atoms with Gasteiger partial charge >= 0.3 is 0 Å². The topological polar surface area (TPSA) is 24.1 Å². The minimum atomic E-state index is 0.244. The van der Waals surface area contributed by atoms with Crippen LogP contribution >= 0.6 is 0 Å². The Kier molecular flexibility index (Phi) is 1.21. The van der Waals surface area contributed by atoms with Crippen molar-refractivity contribution in [2.75, 3.05) is 0 Å². The first-order chi connectivity index (χ1) is 2.50. The Balaban J connectivity index is 2.08. The number of nitrogens with one attached hydrogen (secondary N) is 2. The molecule has 1 rings (SSSR count). The summed E-state index contributed by atoms with van der Waals surface area (Å²) in [5.74, 6) is 0. The lowest BCUT2D eigenvalue weighted by Crippen LogP contribution is -2.25. The second-order valence-electron chi connectivity index (χ2n) is 1.21. The third-order valence-corrected chi connectivity index (χ3v) is 5.06. The lowest BCUT2D eigenvalue weighted by molar-refractivity contribution is 0.965. The Morgan fingerprint density at radius 1 is 1.20 bits per heavy atom. The summed E-state index contributed by atoms with van der Waals surface area (Å²) < 4.78 is 0. The molecular weight excluding hydrogens is 96.2 g/mol. The summed E-state index contributed by atoms with van der Waals surface area (Å²) in [6, 6.07) is 0. The molecular formula is CH8N2Si2. The molecule has 5 heavy (non-hydrogen) atoms.